The molecule has 6 heteroatoms. The zero-order chi connectivity index (χ0) is 20.9. The Morgan fingerprint density at radius 3 is 2.60 bits per heavy atom. The SMILES string of the molecule is CN(Cc1ccccc1)C(=O)[C@@H](N)Cc1ccc(Oc2ccnc3[nH]ccc23)cc1. The maximum Gasteiger partial charge on any atom is 0.239 e. The Morgan fingerprint density at radius 2 is 1.83 bits per heavy atom. The first-order valence-electron chi connectivity index (χ1n) is 9.83. The van der Waals surface area contributed by atoms with E-state index >= 15 is 0 Å². The van der Waals surface area contributed by atoms with Crippen molar-refractivity contribution in [2.24, 2.45) is 5.73 Å². The van der Waals surface area contributed by atoms with E-state index in [1.807, 2.05) is 72.9 Å². The van der Waals surface area contributed by atoms with Crippen LogP contribution < -0.4 is 10.5 Å². The van der Waals surface area contributed by atoms with E-state index in [4.69, 9.17) is 10.5 Å². The van der Waals surface area contributed by atoms with Gasteiger partial charge < -0.3 is 20.4 Å². The molecule has 0 unspecified atom stereocenters. The zero-order valence-electron chi connectivity index (χ0n) is 16.8. The van der Waals surface area contributed by atoms with Crippen molar-refractivity contribution in [3.05, 3.63) is 90.3 Å². The highest BCUT2D eigenvalue weighted by Crippen LogP contribution is 2.28. The molecule has 6 nitrogen and oxygen atoms in total. The third kappa shape index (κ3) is 4.50. The number of rotatable bonds is 7. The lowest BCUT2D eigenvalue weighted by atomic mass is 10.1. The van der Waals surface area contributed by atoms with E-state index in [2.05, 4.69) is 9.97 Å². The molecule has 2 aromatic carbocycles. The fourth-order valence-electron chi connectivity index (χ4n) is 3.40. The first-order valence-corrected chi connectivity index (χ1v) is 9.83. The Hall–Kier alpha value is -3.64. The smallest absolute Gasteiger partial charge is 0.239 e. The number of aromatic nitrogens is 2. The number of amides is 1. The number of carbonyl (C=O) groups is 1. The van der Waals surface area contributed by atoms with Crippen LogP contribution in [0.15, 0.2) is 79.1 Å². The number of nitrogens with one attached hydrogen (secondary N) is 1. The molecule has 1 amide bonds. The van der Waals surface area contributed by atoms with Gasteiger partial charge in [-0.15, -0.1) is 0 Å². The quantitative estimate of drug-likeness (QED) is 0.493. The van der Waals surface area contributed by atoms with E-state index in [-0.39, 0.29) is 5.91 Å². The minimum absolute atomic E-state index is 0.0779. The number of ether oxygens (including phenoxy) is 1. The van der Waals surface area contributed by atoms with Gasteiger partial charge in [0.15, 0.2) is 0 Å². The van der Waals surface area contributed by atoms with Crippen molar-refractivity contribution in [2.75, 3.05) is 7.05 Å². The number of pyridine rings is 1. The molecule has 0 radical (unpaired) electrons. The first-order chi connectivity index (χ1) is 14.6. The summed E-state index contributed by atoms with van der Waals surface area (Å²) < 4.78 is 6.00. The summed E-state index contributed by atoms with van der Waals surface area (Å²) in [5.41, 5.74) is 9.03. The van der Waals surface area contributed by atoms with Gasteiger partial charge in [0, 0.05) is 26.0 Å². The lowest BCUT2D eigenvalue weighted by Gasteiger charge is -2.21. The van der Waals surface area contributed by atoms with Crippen LogP contribution in [0.4, 0.5) is 0 Å². The molecule has 4 rings (SSSR count). The highest BCUT2D eigenvalue weighted by atomic mass is 16.5. The highest BCUT2D eigenvalue weighted by Gasteiger charge is 2.18. The number of likely N-dealkylation sites (N-methyl/N-ethyl adjacent to an activating group) is 1. The van der Waals surface area contributed by atoms with Crippen LogP contribution in [0.3, 0.4) is 0 Å². The van der Waals surface area contributed by atoms with Gasteiger partial charge in [0.05, 0.1) is 11.4 Å². The van der Waals surface area contributed by atoms with E-state index < -0.39 is 6.04 Å². The van der Waals surface area contributed by atoms with E-state index in [1.165, 1.54) is 0 Å². The third-order valence-corrected chi connectivity index (χ3v) is 4.98. The number of H-pyrrole nitrogens is 1. The molecule has 0 aliphatic rings. The predicted molar refractivity (Wildman–Crippen MR) is 117 cm³/mol. The van der Waals surface area contributed by atoms with Gasteiger partial charge in [0.2, 0.25) is 5.91 Å². The van der Waals surface area contributed by atoms with Crippen LogP contribution >= 0.6 is 0 Å². The van der Waals surface area contributed by atoms with Crippen LogP contribution in [-0.2, 0) is 17.8 Å². The fourth-order valence-corrected chi connectivity index (χ4v) is 3.40. The topological polar surface area (TPSA) is 84.2 Å². The molecule has 3 N–H and O–H groups in total. The number of nitrogens with two attached hydrogens (primary N) is 1. The average molecular weight is 400 g/mol. The number of fused-ring (bicyclic) bond motifs is 1. The summed E-state index contributed by atoms with van der Waals surface area (Å²) in [7, 11) is 1.78. The molecule has 2 heterocycles. The van der Waals surface area contributed by atoms with Crippen LogP contribution in [0.25, 0.3) is 11.0 Å². The van der Waals surface area contributed by atoms with Gasteiger partial charge in [-0.05, 0) is 41.8 Å². The zero-order valence-corrected chi connectivity index (χ0v) is 16.8. The van der Waals surface area contributed by atoms with Crippen molar-refractivity contribution < 1.29 is 9.53 Å². The van der Waals surface area contributed by atoms with E-state index in [0.29, 0.717) is 18.7 Å². The summed E-state index contributed by atoms with van der Waals surface area (Å²) in [4.78, 5) is 21.6. The van der Waals surface area contributed by atoms with Crippen molar-refractivity contribution in [1.82, 2.24) is 14.9 Å². The van der Waals surface area contributed by atoms with E-state index in [9.17, 15) is 4.79 Å². The lowest BCUT2D eigenvalue weighted by molar-refractivity contribution is -0.131. The molecule has 0 saturated heterocycles. The molecule has 30 heavy (non-hydrogen) atoms. The molecule has 1 atom stereocenters. The van der Waals surface area contributed by atoms with Gasteiger partial charge in [0.25, 0.3) is 0 Å². The maximum absolute atomic E-state index is 12.6. The van der Waals surface area contributed by atoms with Gasteiger partial charge in [-0.3, -0.25) is 4.79 Å². The molecule has 0 saturated carbocycles. The number of hydrogen-bond acceptors (Lipinski definition) is 4. The molecule has 4 aromatic rings. The molecule has 0 aliphatic heterocycles. The standard InChI is InChI=1S/C24H24N4O2/c1-28(16-18-5-3-2-4-6-18)24(29)21(25)15-17-7-9-19(10-8-17)30-22-12-14-27-23-20(22)11-13-26-23/h2-14,21H,15-16,25H2,1H3,(H,26,27)/t21-/m0/s1. The van der Waals surface area contributed by atoms with Gasteiger partial charge in [-0.1, -0.05) is 42.5 Å². The van der Waals surface area contributed by atoms with Crippen molar-refractivity contribution in [3.63, 3.8) is 0 Å². The van der Waals surface area contributed by atoms with Gasteiger partial charge in [0.1, 0.15) is 17.1 Å². The van der Waals surface area contributed by atoms with Crippen LogP contribution in [-0.4, -0.2) is 33.9 Å². The maximum atomic E-state index is 12.6. The molecule has 0 bridgehead atoms. The Morgan fingerprint density at radius 1 is 1.07 bits per heavy atom. The summed E-state index contributed by atoms with van der Waals surface area (Å²) in [6.45, 7) is 0.541. The normalized spacial score (nSPS) is 11.9. The predicted octanol–water partition coefficient (Wildman–Crippen LogP) is 3.88. The minimum atomic E-state index is -0.592. The summed E-state index contributed by atoms with van der Waals surface area (Å²) in [6.07, 6.45) is 4.01. The van der Waals surface area contributed by atoms with Crippen molar-refractivity contribution in [3.8, 4) is 11.5 Å². The third-order valence-electron chi connectivity index (χ3n) is 4.98. The number of benzene rings is 2. The fraction of sp³-hybridized carbons (Fsp3) is 0.167. The summed E-state index contributed by atoms with van der Waals surface area (Å²) in [6, 6.07) is 20.7. The number of nitrogens with zero attached hydrogens (tertiary/aromatic N) is 2. The Balaban J connectivity index is 1.37. The van der Waals surface area contributed by atoms with Crippen molar-refractivity contribution in [2.45, 2.75) is 19.0 Å². The summed E-state index contributed by atoms with van der Waals surface area (Å²) >= 11 is 0. The van der Waals surface area contributed by atoms with Crippen LogP contribution in [0.2, 0.25) is 0 Å². The van der Waals surface area contributed by atoms with Gasteiger partial charge >= 0.3 is 0 Å². The second-order valence-corrected chi connectivity index (χ2v) is 7.29. The largest absolute Gasteiger partial charge is 0.457 e. The average Bonchev–Trinajstić information content (AvgIpc) is 3.25. The van der Waals surface area contributed by atoms with Crippen LogP contribution in [0.1, 0.15) is 11.1 Å². The molecule has 0 spiro atoms. The number of carbonyl (C=O) groups excluding carboxylic acids is 1. The first kappa shape index (κ1) is 19.7. The number of hydrogen-bond donors (Lipinski definition) is 2. The number of aromatic amines is 1. The monoisotopic (exact) mass is 400 g/mol. The van der Waals surface area contributed by atoms with E-state index in [0.717, 1.165) is 27.9 Å². The Kier molecular flexibility index (Phi) is 5.77. The minimum Gasteiger partial charge on any atom is -0.457 e. The van der Waals surface area contributed by atoms with E-state index in [1.54, 1.807) is 18.1 Å². The molecule has 2 aromatic heterocycles. The van der Waals surface area contributed by atoms with Gasteiger partial charge in [-0.2, -0.15) is 0 Å². The summed E-state index contributed by atoms with van der Waals surface area (Å²) in [5, 5.41) is 0.927. The van der Waals surface area contributed by atoms with Crippen molar-refractivity contribution >= 4 is 16.9 Å². The van der Waals surface area contributed by atoms with Crippen molar-refractivity contribution in [1.29, 1.82) is 0 Å². The van der Waals surface area contributed by atoms with Gasteiger partial charge in [-0.25, -0.2) is 4.98 Å². The molecule has 0 fully saturated rings. The molecular weight excluding hydrogens is 376 g/mol. The Bertz CT molecular complexity index is 1120. The molecular formula is C24H24N4O2. The molecule has 0 aliphatic carbocycles. The van der Waals surface area contributed by atoms with Crippen LogP contribution in [0.5, 0.6) is 11.5 Å². The second-order valence-electron chi connectivity index (χ2n) is 7.29. The lowest BCUT2D eigenvalue weighted by Crippen LogP contribution is -2.42. The van der Waals surface area contributed by atoms with Crippen LogP contribution in [0, 0.1) is 0 Å². The molecule has 152 valence electrons. The second kappa shape index (κ2) is 8.80. The summed E-state index contributed by atoms with van der Waals surface area (Å²) in [5.74, 6) is 1.38. The Labute approximate surface area is 175 Å². The highest BCUT2D eigenvalue weighted by molar-refractivity contribution is 5.83.